The second-order valence-corrected chi connectivity index (χ2v) is 7.66. The molecule has 8 heteroatoms. The molecular weight excluding hydrogens is 410 g/mol. The normalized spacial score (nSPS) is 19.2. The first-order chi connectivity index (χ1) is 15.6. The third kappa shape index (κ3) is 5.52. The van der Waals surface area contributed by atoms with E-state index in [9.17, 15) is 9.59 Å². The lowest BCUT2D eigenvalue weighted by atomic mass is 10.1. The van der Waals surface area contributed by atoms with E-state index in [1.54, 1.807) is 17.6 Å². The molecule has 2 aliphatic rings. The molecule has 0 unspecified atom stereocenters. The number of hydrogen-bond acceptors (Lipinski definition) is 6. The van der Waals surface area contributed by atoms with E-state index in [0.717, 1.165) is 44.0 Å². The molecule has 2 fully saturated rings. The van der Waals surface area contributed by atoms with Gasteiger partial charge in [-0.1, -0.05) is 24.0 Å². The Morgan fingerprint density at radius 3 is 2.28 bits per heavy atom. The fourth-order valence-corrected chi connectivity index (χ4v) is 3.63. The Bertz CT molecular complexity index is 1000. The Morgan fingerprint density at radius 1 is 1.03 bits per heavy atom. The standard InChI is InChI=1S/C24H25N3O5/c28-23-17-32-22(24(29)25-30)16-27(23)21-9-7-19(8-10-21)2-1-18-3-5-20(6-4-18)15-26-11-13-31-14-12-26/h3-10,22,30H,11-17H2,(H,25,29)/t22-/m0/s1. The summed E-state index contributed by atoms with van der Waals surface area (Å²) in [5, 5.41) is 8.78. The zero-order valence-corrected chi connectivity index (χ0v) is 17.6. The molecule has 0 radical (unpaired) electrons. The van der Waals surface area contributed by atoms with Crippen molar-refractivity contribution in [3.63, 3.8) is 0 Å². The molecule has 0 saturated carbocycles. The molecule has 2 aromatic rings. The smallest absolute Gasteiger partial charge is 0.274 e. The Hall–Kier alpha value is -3.22. The minimum atomic E-state index is -0.914. The van der Waals surface area contributed by atoms with Gasteiger partial charge in [0.1, 0.15) is 6.61 Å². The number of benzene rings is 2. The predicted molar refractivity (Wildman–Crippen MR) is 117 cm³/mol. The lowest BCUT2D eigenvalue weighted by Gasteiger charge is -2.31. The van der Waals surface area contributed by atoms with Crippen LogP contribution in [0.2, 0.25) is 0 Å². The molecule has 2 aliphatic heterocycles. The van der Waals surface area contributed by atoms with Gasteiger partial charge in [-0.2, -0.15) is 0 Å². The van der Waals surface area contributed by atoms with E-state index in [1.165, 1.54) is 10.5 Å². The average Bonchev–Trinajstić information content (AvgIpc) is 2.84. The summed E-state index contributed by atoms with van der Waals surface area (Å²) in [6.07, 6.45) is -0.914. The minimum Gasteiger partial charge on any atom is -0.379 e. The highest BCUT2D eigenvalue weighted by molar-refractivity contribution is 5.97. The zero-order valence-electron chi connectivity index (χ0n) is 17.6. The van der Waals surface area contributed by atoms with E-state index >= 15 is 0 Å². The number of nitrogens with zero attached hydrogens (tertiary/aromatic N) is 2. The molecule has 0 spiro atoms. The molecule has 1 atom stereocenters. The van der Waals surface area contributed by atoms with Crippen LogP contribution in [0.1, 0.15) is 16.7 Å². The van der Waals surface area contributed by atoms with Crippen LogP contribution in [-0.2, 0) is 25.6 Å². The summed E-state index contributed by atoms with van der Waals surface area (Å²) in [5.41, 5.74) is 5.21. The summed E-state index contributed by atoms with van der Waals surface area (Å²) in [4.78, 5) is 27.6. The summed E-state index contributed by atoms with van der Waals surface area (Å²) in [6, 6.07) is 15.5. The number of carbonyl (C=O) groups is 2. The van der Waals surface area contributed by atoms with Crippen LogP contribution in [-0.4, -0.2) is 67.5 Å². The number of amides is 2. The molecule has 2 saturated heterocycles. The highest BCUT2D eigenvalue weighted by atomic mass is 16.5. The van der Waals surface area contributed by atoms with Crippen molar-refractivity contribution in [2.75, 3.05) is 44.4 Å². The van der Waals surface area contributed by atoms with Crippen molar-refractivity contribution in [2.24, 2.45) is 0 Å². The second kappa shape index (κ2) is 10.4. The Balaban J connectivity index is 1.37. The lowest BCUT2D eigenvalue weighted by molar-refractivity contribution is -0.146. The summed E-state index contributed by atoms with van der Waals surface area (Å²) in [7, 11) is 0. The summed E-state index contributed by atoms with van der Waals surface area (Å²) >= 11 is 0. The molecule has 8 nitrogen and oxygen atoms in total. The third-order valence-electron chi connectivity index (χ3n) is 5.45. The molecule has 2 amide bonds. The summed E-state index contributed by atoms with van der Waals surface area (Å²) in [5.74, 6) is 5.37. The van der Waals surface area contributed by atoms with Gasteiger partial charge in [-0.15, -0.1) is 0 Å². The second-order valence-electron chi connectivity index (χ2n) is 7.66. The Morgan fingerprint density at radius 2 is 1.66 bits per heavy atom. The van der Waals surface area contributed by atoms with Crippen molar-refractivity contribution < 1.29 is 24.3 Å². The van der Waals surface area contributed by atoms with Gasteiger partial charge in [-0.25, -0.2) is 5.48 Å². The minimum absolute atomic E-state index is 0.0348. The van der Waals surface area contributed by atoms with Gasteiger partial charge < -0.3 is 14.4 Å². The van der Waals surface area contributed by atoms with Crippen LogP contribution in [0.4, 0.5) is 5.69 Å². The van der Waals surface area contributed by atoms with Gasteiger partial charge >= 0.3 is 0 Å². The maximum Gasteiger partial charge on any atom is 0.274 e. The van der Waals surface area contributed by atoms with E-state index in [0.29, 0.717) is 5.69 Å². The van der Waals surface area contributed by atoms with Crippen LogP contribution < -0.4 is 10.4 Å². The first-order valence-corrected chi connectivity index (χ1v) is 10.5. The molecular formula is C24H25N3O5. The van der Waals surface area contributed by atoms with Crippen molar-refractivity contribution >= 4 is 17.5 Å². The predicted octanol–water partition coefficient (Wildman–Crippen LogP) is 1.16. The van der Waals surface area contributed by atoms with Crippen molar-refractivity contribution in [1.82, 2.24) is 10.4 Å². The van der Waals surface area contributed by atoms with Crippen LogP contribution >= 0.6 is 0 Å². The van der Waals surface area contributed by atoms with Crippen LogP contribution in [0.15, 0.2) is 48.5 Å². The number of hydrogen-bond donors (Lipinski definition) is 2. The molecule has 0 aliphatic carbocycles. The van der Waals surface area contributed by atoms with Gasteiger partial charge in [0.15, 0.2) is 6.10 Å². The van der Waals surface area contributed by atoms with Gasteiger partial charge in [-0.05, 0) is 42.0 Å². The molecule has 0 bridgehead atoms. The molecule has 4 rings (SSSR count). The maximum atomic E-state index is 12.2. The number of carbonyl (C=O) groups excluding carboxylic acids is 2. The largest absolute Gasteiger partial charge is 0.379 e. The molecule has 2 heterocycles. The van der Waals surface area contributed by atoms with Crippen LogP contribution in [0, 0.1) is 11.8 Å². The number of nitrogens with one attached hydrogen (secondary N) is 1. The number of ether oxygens (including phenoxy) is 2. The molecule has 2 aromatic carbocycles. The highest BCUT2D eigenvalue weighted by Gasteiger charge is 2.31. The van der Waals surface area contributed by atoms with Crippen molar-refractivity contribution in [1.29, 1.82) is 0 Å². The van der Waals surface area contributed by atoms with Crippen LogP contribution in [0.5, 0.6) is 0 Å². The first-order valence-electron chi connectivity index (χ1n) is 10.5. The van der Waals surface area contributed by atoms with Crippen LogP contribution in [0.3, 0.4) is 0 Å². The van der Waals surface area contributed by atoms with E-state index in [1.807, 2.05) is 24.3 Å². The van der Waals surface area contributed by atoms with Gasteiger partial charge in [0.2, 0.25) is 0 Å². The number of hydroxylamine groups is 1. The van der Waals surface area contributed by atoms with Gasteiger partial charge in [-0.3, -0.25) is 19.7 Å². The Kier molecular flexibility index (Phi) is 7.14. The van der Waals surface area contributed by atoms with E-state index < -0.39 is 12.0 Å². The van der Waals surface area contributed by atoms with Gasteiger partial charge in [0.05, 0.1) is 19.8 Å². The van der Waals surface area contributed by atoms with E-state index in [4.69, 9.17) is 14.7 Å². The van der Waals surface area contributed by atoms with Gasteiger partial charge in [0.25, 0.3) is 11.8 Å². The topological polar surface area (TPSA) is 91.3 Å². The third-order valence-corrected chi connectivity index (χ3v) is 5.45. The fourth-order valence-electron chi connectivity index (χ4n) is 3.63. The average molecular weight is 435 g/mol. The number of anilines is 1. The molecule has 32 heavy (non-hydrogen) atoms. The van der Waals surface area contributed by atoms with Crippen LogP contribution in [0.25, 0.3) is 0 Å². The summed E-state index contributed by atoms with van der Waals surface area (Å²) < 4.78 is 10.5. The number of morpholine rings is 2. The van der Waals surface area contributed by atoms with Crippen molar-refractivity contribution in [3.05, 3.63) is 65.2 Å². The lowest BCUT2D eigenvalue weighted by Crippen LogP contribution is -2.52. The first kappa shape index (κ1) is 22.0. The quantitative estimate of drug-likeness (QED) is 0.426. The van der Waals surface area contributed by atoms with Crippen molar-refractivity contribution in [3.8, 4) is 11.8 Å². The number of rotatable bonds is 4. The SMILES string of the molecule is O=C(NO)[C@@H]1CN(c2ccc(C#Cc3ccc(CN4CCOCC4)cc3)cc2)C(=O)CO1. The highest BCUT2D eigenvalue weighted by Crippen LogP contribution is 2.19. The van der Waals surface area contributed by atoms with E-state index in [2.05, 4.69) is 28.9 Å². The fraction of sp³-hybridized carbons (Fsp3) is 0.333. The van der Waals surface area contributed by atoms with Crippen molar-refractivity contribution in [2.45, 2.75) is 12.6 Å². The monoisotopic (exact) mass is 435 g/mol. The molecule has 166 valence electrons. The van der Waals surface area contributed by atoms with Gasteiger partial charge in [0, 0.05) is 36.4 Å². The summed E-state index contributed by atoms with van der Waals surface area (Å²) in [6.45, 7) is 4.24. The zero-order chi connectivity index (χ0) is 22.3. The van der Waals surface area contributed by atoms with E-state index in [-0.39, 0.29) is 19.1 Å². The Labute approximate surface area is 186 Å². The molecule has 2 N–H and O–H groups in total. The maximum absolute atomic E-state index is 12.2. The molecule has 0 aromatic heterocycles.